The van der Waals surface area contributed by atoms with Crippen LogP contribution in [0.25, 0.3) is 0 Å². The zero-order valence-corrected chi connectivity index (χ0v) is 11.7. The molecule has 20 heavy (non-hydrogen) atoms. The Balaban J connectivity index is 2.33. The molecule has 0 aromatic heterocycles. The summed E-state index contributed by atoms with van der Waals surface area (Å²) in [4.78, 5) is 0. The van der Waals surface area contributed by atoms with E-state index in [4.69, 9.17) is 4.74 Å². The number of benzene rings is 2. The minimum atomic E-state index is -0.602. The molecule has 0 saturated carbocycles. The van der Waals surface area contributed by atoms with Crippen LogP contribution in [0.15, 0.2) is 36.4 Å². The van der Waals surface area contributed by atoms with Gasteiger partial charge in [0.2, 0.25) is 0 Å². The van der Waals surface area contributed by atoms with Crippen molar-refractivity contribution in [1.82, 2.24) is 0 Å². The highest BCUT2D eigenvalue weighted by Crippen LogP contribution is 2.30. The summed E-state index contributed by atoms with van der Waals surface area (Å²) in [5, 5.41) is 2.88. The fourth-order valence-corrected chi connectivity index (χ4v) is 2.11. The number of nitrogens with one attached hydrogen (secondary N) is 1. The Morgan fingerprint density at radius 2 is 1.80 bits per heavy atom. The summed E-state index contributed by atoms with van der Waals surface area (Å²) in [7, 11) is 1.57. The van der Waals surface area contributed by atoms with Crippen molar-refractivity contribution in [2.75, 3.05) is 12.4 Å². The number of anilines is 1. The molecule has 2 aromatic rings. The van der Waals surface area contributed by atoms with Gasteiger partial charge in [-0.2, -0.15) is 0 Å². The topological polar surface area (TPSA) is 21.3 Å². The highest BCUT2D eigenvalue weighted by molar-refractivity contribution is 5.51. The quantitative estimate of drug-likeness (QED) is 0.891. The van der Waals surface area contributed by atoms with Crippen LogP contribution in [0.5, 0.6) is 5.75 Å². The molecule has 0 aliphatic carbocycles. The van der Waals surface area contributed by atoms with Crippen LogP contribution in [-0.4, -0.2) is 7.11 Å². The Hall–Kier alpha value is -2.10. The molecular formula is C16H17F2NO. The third kappa shape index (κ3) is 2.74. The number of ether oxygens (including phenoxy) is 1. The molecule has 0 saturated heterocycles. The van der Waals surface area contributed by atoms with Crippen LogP contribution in [0, 0.1) is 18.6 Å². The van der Waals surface area contributed by atoms with Gasteiger partial charge in [0.1, 0.15) is 17.3 Å². The molecule has 2 nitrogen and oxygen atoms in total. The van der Waals surface area contributed by atoms with Gasteiger partial charge in [-0.25, -0.2) is 8.78 Å². The normalized spacial score (nSPS) is 12.1. The van der Waals surface area contributed by atoms with E-state index in [0.717, 1.165) is 5.56 Å². The zero-order valence-electron chi connectivity index (χ0n) is 11.7. The van der Waals surface area contributed by atoms with Crippen molar-refractivity contribution >= 4 is 5.69 Å². The molecule has 4 heteroatoms. The first-order valence-corrected chi connectivity index (χ1v) is 6.38. The van der Waals surface area contributed by atoms with Gasteiger partial charge in [-0.05, 0) is 31.5 Å². The second kappa shape index (κ2) is 5.90. The molecule has 0 amide bonds. The lowest BCUT2D eigenvalue weighted by molar-refractivity contribution is 0.408. The lowest BCUT2D eigenvalue weighted by Gasteiger charge is -2.19. The molecule has 0 aliphatic rings. The monoisotopic (exact) mass is 277 g/mol. The molecule has 2 rings (SSSR count). The van der Waals surface area contributed by atoms with Gasteiger partial charge in [-0.3, -0.25) is 0 Å². The maximum absolute atomic E-state index is 14.0. The Labute approximate surface area is 117 Å². The third-order valence-corrected chi connectivity index (χ3v) is 3.25. The second-order valence-corrected chi connectivity index (χ2v) is 4.66. The molecule has 0 spiro atoms. The van der Waals surface area contributed by atoms with Crippen molar-refractivity contribution in [3.8, 4) is 5.75 Å². The fraction of sp³-hybridized carbons (Fsp3) is 0.250. The van der Waals surface area contributed by atoms with Crippen molar-refractivity contribution in [2.45, 2.75) is 19.9 Å². The van der Waals surface area contributed by atoms with Gasteiger partial charge in [0.25, 0.3) is 0 Å². The summed E-state index contributed by atoms with van der Waals surface area (Å²) in [6.07, 6.45) is 0. The maximum Gasteiger partial charge on any atom is 0.152 e. The SMILES string of the molecule is COc1ccccc1C(C)Nc1c(F)ccc(C)c1F. The van der Waals surface area contributed by atoms with Gasteiger partial charge in [0.05, 0.1) is 13.2 Å². The van der Waals surface area contributed by atoms with E-state index in [1.165, 1.54) is 12.1 Å². The second-order valence-electron chi connectivity index (χ2n) is 4.66. The van der Waals surface area contributed by atoms with Crippen molar-refractivity contribution in [3.63, 3.8) is 0 Å². The van der Waals surface area contributed by atoms with E-state index in [1.807, 2.05) is 31.2 Å². The molecule has 2 aromatic carbocycles. The van der Waals surface area contributed by atoms with E-state index >= 15 is 0 Å². The van der Waals surface area contributed by atoms with Crippen molar-refractivity contribution in [1.29, 1.82) is 0 Å². The highest BCUT2D eigenvalue weighted by Gasteiger charge is 2.16. The van der Waals surface area contributed by atoms with E-state index in [2.05, 4.69) is 5.32 Å². The van der Waals surface area contributed by atoms with Crippen molar-refractivity contribution in [2.24, 2.45) is 0 Å². The van der Waals surface area contributed by atoms with E-state index in [-0.39, 0.29) is 11.7 Å². The van der Waals surface area contributed by atoms with Crippen LogP contribution in [0.4, 0.5) is 14.5 Å². The first-order valence-electron chi connectivity index (χ1n) is 6.38. The van der Waals surface area contributed by atoms with Crippen LogP contribution in [0.3, 0.4) is 0 Å². The predicted molar refractivity (Wildman–Crippen MR) is 76.1 cm³/mol. The van der Waals surface area contributed by atoms with E-state index in [9.17, 15) is 8.78 Å². The predicted octanol–water partition coefficient (Wildman–Crippen LogP) is 4.45. The summed E-state index contributed by atoms with van der Waals surface area (Å²) in [5.74, 6) is -0.484. The molecule has 0 aliphatic heterocycles. The molecule has 0 heterocycles. The number of hydrogen-bond donors (Lipinski definition) is 1. The van der Waals surface area contributed by atoms with Gasteiger partial charge in [-0.1, -0.05) is 24.3 Å². The summed E-state index contributed by atoms with van der Waals surface area (Å²) >= 11 is 0. The molecule has 106 valence electrons. The van der Waals surface area contributed by atoms with Gasteiger partial charge < -0.3 is 10.1 Å². The minimum Gasteiger partial charge on any atom is -0.496 e. The first-order chi connectivity index (χ1) is 9.54. The Kier molecular flexibility index (Phi) is 4.23. The van der Waals surface area contributed by atoms with Crippen molar-refractivity contribution < 1.29 is 13.5 Å². The Morgan fingerprint density at radius 3 is 2.50 bits per heavy atom. The molecule has 0 fully saturated rings. The number of para-hydroxylation sites is 1. The number of hydrogen-bond acceptors (Lipinski definition) is 2. The van der Waals surface area contributed by atoms with Crippen LogP contribution < -0.4 is 10.1 Å². The van der Waals surface area contributed by atoms with Gasteiger partial charge in [-0.15, -0.1) is 0 Å². The Morgan fingerprint density at radius 1 is 1.10 bits per heavy atom. The highest BCUT2D eigenvalue weighted by atomic mass is 19.1. The third-order valence-electron chi connectivity index (χ3n) is 3.25. The van der Waals surface area contributed by atoms with Gasteiger partial charge in [0.15, 0.2) is 5.82 Å². The first kappa shape index (κ1) is 14.3. The number of halogens is 2. The van der Waals surface area contributed by atoms with E-state index in [0.29, 0.717) is 11.3 Å². The summed E-state index contributed by atoms with van der Waals surface area (Å²) in [6.45, 7) is 3.44. The summed E-state index contributed by atoms with van der Waals surface area (Å²) in [5.41, 5.74) is 1.14. The molecular weight excluding hydrogens is 260 g/mol. The van der Waals surface area contributed by atoms with Gasteiger partial charge >= 0.3 is 0 Å². The van der Waals surface area contributed by atoms with Crippen LogP contribution >= 0.6 is 0 Å². The molecule has 1 unspecified atom stereocenters. The lowest BCUT2D eigenvalue weighted by atomic mass is 10.1. The number of methoxy groups -OCH3 is 1. The minimum absolute atomic E-state index is 0.108. The molecule has 0 radical (unpaired) electrons. The number of aryl methyl sites for hydroxylation is 1. The standard InChI is InChI=1S/C16H17F2NO/c1-10-8-9-13(17)16(15(10)18)19-11(2)12-6-4-5-7-14(12)20-3/h4-9,11,19H,1-3H3. The van der Waals surface area contributed by atoms with E-state index < -0.39 is 11.6 Å². The van der Waals surface area contributed by atoms with Crippen LogP contribution in [0.2, 0.25) is 0 Å². The number of rotatable bonds is 4. The fourth-order valence-electron chi connectivity index (χ4n) is 2.11. The van der Waals surface area contributed by atoms with Crippen LogP contribution in [-0.2, 0) is 0 Å². The van der Waals surface area contributed by atoms with E-state index in [1.54, 1.807) is 14.0 Å². The van der Waals surface area contributed by atoms with Gasteiger partial charge in [0, 0.05) is 5.56 Å². The largest absolute Gasteiger partial charge is 0.496 e. The zero-order chi connectivity index (χ0) is 14.7. The summed E-state index contributed by atoms with van der Waals surface area (Å²) < 4.78 is 33.0. The Bertz CT molecular complexity index is 613. The summed E-state index contributed by atoms with van der Waals surface area (Å²) in [6, 6.07) is 9.79. The average Bonchev–Trinajstić information content (AvgIpc) is 2.47. The maximum atomic E-state index is 14.0. The van der Waals surface area contributed by atoms with Crippen LogP contribution in [0.1, 0.15) is 24.1 Å². The smallest absolute Gasteiger partial charge is 0.152 e. The molecule has 0 bridgehead atoms. The molecule has 1 atom stereocenters. The molecule has 1 N–H and O–H groups in total. The lowest BCUT2D eigenvalue weighted by Crippen LogP contribution is -2.11. The average molecular weight is 277 g/mol. The van der Waals surface area contributed by atoms with Crippen molar-refractivity contribution in [3.05, 3.63) is 59.2 Å².